The van der Waals surface area contributed by atoms with Gasteiger partial charge in [0.1, 0.15) is 12.4 Å². The predicted octanol–water partition coefficient (Wildman–Crippen LogP) is -0.447. The van der Waals surface area contributed by atoms with Crippen LogP contribution >= 0.6 is 11.6 Å². The van der Waals surface area contributed by atoms with E-state index in [1.807, 2.05) is 0 Å². The molecule has 3 aliphatic rings. The second-order valence-corrected chi connectivity index (χ2v) is 5.09. The summed E-state index contributed by atoms with van der Waals surface area (Å²) in [7, 11) is 0. The van der Waals surface area contributed by atoms with Crippen LogP contribution < -0.4 is 16.4 Å². The molecule has 17 heavy (non-hydrogen) atoms. The molecule has 0 saturated carbocycles. The summed E-state index contributed by atoms with van der Waals surface area (Å²) in [5.41, 5.74) is 6.00. The molecule has 6 nitrogen and oxygen atoms in total. The summed E-state index contributed by atoms with van der Waals surface area (Å²) in [4.78, 5) is 6.64. The molecule has 0 bridgehead atoms. The molecule has 7 heteroatoms. The van der Waals surface area contributed by atoms with E-state index in [2.05, 4.69) is 20.5 Å². The molecule has 3 heterocycles. The number of aliphatic imine (C=N–C) groups is 1. The van der Waals surface area contributed by atoms with Gasteiger partial charge in [0.2, 0.25) is 0 Å². The number of nitrogens with two attached hydrogens (primary N) is 1. The zero-order valence-electron chi connectivity index (χ0n) is 9.60. The van der Waals surface area contributed by atoms with E-state index < -0.39 is 0 Å². The van der Waals surface area contributed by atoms with Crippen molar-refractivity contribution in [3.8, 4) is 0 Å². The number of hydrogen-bond acceptors (Lipinski definition) is 6. The Hall–Kier alpha value is -0.400. The van der Waals surface area contributed by atoms with Gasteiger partial charge in [-0.1, -0.05) is 0 Å². The lowest BCUT2D eigenvalue weighted by atomic mass is 10.1. The summed E-state index contributed by atoms with van der Waals surface area (Å²) in [6.45, 7) is 1.59. The third-order valence-corrected chi connectivity index (χ3v) is 3.82. The fourth-order valence-electron chi connectivity index (χ4n) is 2.72. The normalized spacial score (nSPS) is 42.8. The molecule has 0 radical (unpaired) electrons. The number of nitrogens with zero attached hydrogens (tertiary/aromatic N) is 2. The molecule has 3 aliphatic heterocycles. The van der Waals surface area contributed by atoms with Gasteiger partial charge in [-0.15, -0.1) is 0 Å². The van der Waals surface area contributed by atoms with Crippen molar-refractivity contribution in [1.29, 1.82) is 0 Å². The Morgan fingerprint density at radius 2 is 2.35 bits per heavy atom. The highest BCUT2D eigenvalue weighted by molar-refractivity contribution is 6.64. The maximum Gasteiger partial charge on any atom is 0.194 e. The maximum absolute atomic E-state index is 6.00. The Morgan fingerprint density at radius 3 is 3.12 bits per heavy atom. The zero-order chi connectivity index (χ0) is 11.8. The third kappa shape index (κ3) is 2.15. The number of fused-ring (bicyclic) bond motifs is 1. The van der Waals surface area contributed by atoms with E-state index in [1.165, 1.54) is 6.42 Å². The maximum atomic E-state index is 6.00. The molecule has 4 atom stereocenters. The SMILES string of the molecule is NC1NC(Cl)=N[C@H]2[C@@H]1NCN2C1CCCCO1. The molecule has 0 aromatic heterocycles. The monoisotopic (exact) mass is 259 g/mol. The van der Waals surface area contributed by atoms with Gasteiger partial charge in [-0.05, 0) is 30.9 Å². The molecule has 0 aliphatic carbocycles. The fraction of sp³-hybridized carbons (Fsp3) is 0.900. The van der Waals surface area contributed by atoms with Gasteiger partial charge in [-0.3, -0.25) is 5.32 Å². The molecular formula is C10H18ClN5O. The number of halogens is 1. The van der Waals surface area contributed by atoms with Crippen LogP contribution in [0.1, 0.15) is 19.3 Å². The van der Waals surface area contributed by atoms with Crippen LogP contribution in [-0.4, -0.2) is 48.1 Å². The van der Waals surface area contributed by atoms with Crippen LogP contribution in [0.4, 0.5) is 0 Å². The van der Waals surface area contributed by atoms with Crippen LogP contribution in [0.5, 0.6) is 0 Å². The van der Waals surface area contributed by atoms with Crippen LogP contribution in [0, 0.1) is 0 Å². The second kappa shape index (κ2) is 4.70. The van der Waals surface area contributed by atoms with Crippen LogP contribution in [-0.2, 0) is 4.74 Å². The van der Waals surface area contributed by atoms with Crippen molar-refractivity contribution in [3.63, 3.8) is 0 Å². The van der Waals surface area contributed by atoms with Crippen LogP contribution in [0.2, 0.25) is 0 Å². The Morgan fingerprint density at radius 1 is 1.47 bits per heavy atom. The molecule has 3 rings (SSSR count). The minimum Gasteiger partial charge on any atom is -0.363 e. The summed E-state index contributed by atoms with van der Waals surface area (Å²) < 4.78 is 5.79. The first-order valence-electron chi connectivity index (χ1n) is 6.12. The fourth-order valence-corrected chi connectivity index (χ4v) is 2.95. The summed E-state index contributed by atoms with van der Waals surface area (Å²) >= 11 is 5.95. The van der Waals surface area contributed by atoms with E-state index >= 15 is 0 Å². The standard InChI is InChI=1S/C10H18ClN5O/c11-10-14-8(12)7-9(15-10)16(5-13-7)6-3-1-2-4-17-6/h6-9,13H,1-5,12H2,(H,14,15)/t6?,7-,8?,9-/m1/s1. The molecule has 2 saturated heterocycles. The summed E-state index contributed by atoms with van der Waals surface area (Å²) in [5.74, 6) is 0. The lowest BCUT2D eigenvalue weighted by Crippen LogP contribution is -2.60. The minimum atomic E-state index is -0.196. The van der Waals surface area contributed by atoms with Gasteiger partial charge in [-0.25, -0.2) is 9.89 Å². The minimum absolute atomic E-state index is 0.0122. The predicted molar refractivity (Wildman–Crippen MR) is 65.4 cm³/mol. The first kappa shape index (κ1) is 11.7. The number of nitrogens with one attached hydrogen (secondary N) is 2. The highest BCUT2D eigenvalue weighted by Gasteiger charge is 2.43. The average Bonchev–Trinajstić information content (AvgIpc) is 2.74. The molecule has 4 N–H and O–H groups in total. The van der Waals surface area contributed by atoms with Crippen molar-refractivity contribution in [1.82, 2.24) is 15.5 Å². The third-order valence-electron chi connectivity index (χ3n) is 3.61. The van der Waals surface area contributed by atoms with Gasteiger partial charge in [0.05, 0.1) is 18.9 Å². The zero-order valence-corrected chi connectivity index (χ0v) is 10.4. The van der Waals surface area contributed by atoms with Crippen LogP contribution in [0.3, 0.4) is 0 Å². The number of hydrogen-bond donors (Lipinski definition) is 3. The molecule has 0 amide bonds. The first-order chi connectivity index (χ1) is 8.25. The van der Waals surface area contributed by atoms with E-state index in [1.54, 1.807) is 0 Å². The van der Waals surface area contributed by atoms with E-state index in [0.29, 0.717) is 5.29 Å². The molecule has 2 fully saturated rings. The van der Waals surface area contributed by atoms with Gasteiger partial charge < -0.3 is 15.8 Å². The van der Waals surface area contributed by atoms with Crippen molar-refractivity contribution in [2.45, 2.75) is 43.9 Å². The highest BCUT2D eigenvalue weighted by Crippen LogP contribution is 2.25. The Bertz CT molecular complexity index is 320. The van der Waals surface area contributed by atoms with E-state index in [4.69, 9.17) is 22.1 Å². The summed E-state index contributed by atoms with van der Waals surface area (Å²) in [5, 5.41) is 6.70. The molecule has 96 valence electrons. The number of amidine groups is 1. The molecule has 0 aromatic rings. The van der Waals surface area contributed by atoms with Crippen molar-refractivity contribution in [2.75, 3.05) is 13.3 Å². The van der Waals surface area contributed by atoms with Crippen molar-refractivity contribution >= 4 is 16.9 Å². The van der Waals surface area contributed by atoms with E-state index in [9.17, 15) is 0 Å². The second-order valence-electron chi connectivity index (χ2n) is 4.73. The number of rotatable bonds is 1. The van der Waals surface area contributed by atoms with Crippen LogP contribution in [0.25, 0.3) is 0 Å². The lowest BCUT2D eigenvalue weighted by molar-refractivity contribution is -0.0920. The van der Waals surface area contributed by atoms with E-state index in [-0.39, 0.29) is 24.6 Å². The van der Waals surface area contributed by atoms with Crippen LogP contribution in [0.15, 0.2) is 4.99 Å². The Kier molecular flexibility index (Phi) is 3.23. The van der Waals surface area contributed by atoms with Gasteiger partial charge in [0.25, 0.3) is 0 Å². The summed E-state index contributed by atoms with van der Waals surface area (Å²) in [6.07, 6.45) is 3.35. The Balaban J connectivity index is 1.76. The van der Waals surface area contributed by atoms with E-state index in [0.717, 1.165) is 26.1 Å². The molecule has 2 unspecified atom stereocenters. The average molecular weight is 260 g/mol. The van der Waals surface area contributed by atoms with Gasteiger partial charge >= 0.3 is 0 Å². The Labute approximate surface area is 106 Å². The molecular weight excluding hydrogens is 242 g/mol. The largest absolute Gasteiger partial charge is 0.363 e. The van der Waals surface area contributed by atoms with Crippen molar-refractivity contribution < 1.29 is 4.74 Å². The number of ether oxygens (including phenoxy) is 1. The first-order valence-corrected chi connectivity index (χ1v) is 6.49. The van der Waals surface area contributed by atoms with Gasteiger partial charge in [0.15, 0.2) is 5.29 Å². The van der Waals surface area contributed by atoms with Crippen molar-refractivity contribution in [3.05, 3.63) is 0 Å². The lowest BCUT2D eigenvalue weighted by Gasteiger charge is -2.36. The highest BCUT2D eigenvalue weighted by atomic mass is 35.5. The molecule has 0 spiro atoms. The topological polar surface area (TPSA) is 74.9 Å². The quantitative estimate of drug-likeness (QED) is 0.557. The van der Waals surface area contributed by atoms with Crippen molar-refractivity contribution in [2.24, 2.45) is 10.7 Å². The summed E-state index contributed by atoms with van der Waals surface area (Å²) in [6, 6.07) is 0.100. The van der Waals surface area contributed by atoms with Gasteiger partial charge in [-0.2, -0.15) is 0 Å². The van der Waals surface area contributed by atoms with Gasteiger partial charge in [0, 0.05) is 6.61 Å². The molecule has 0 aromatic carbocycles. The smallest absolute Gasteiger partial charge is 0.194 e.